The fourth-order valence-corrected chi connectivity index (χ4v) is 3.76. The number of phenolic OH excluding ortho intramolecular Hbond substituents is 1. The summed E-state index contributed by atoms with van der Waals surface area (Å²) in [5, 5.41) is 19.3. The average Bonchev–Trinajstić information content (AvgIpc) is 3.45. The predicted octanol–water partition coefficient (Wildman–Crippen LogP) is 1.78. The van der Waals surface area contributed by atoms with Crippen molar-refractivity contribution in [3.8, 4) is 11.4 Å². The molecule has 0 bridgehead atoms. The number of aromatic hydroxyl groups is 1. The van der Waals surface area contributed by atoms with Crippen molar-refractivity contribution in [3.05, 3.63) is 78.1 Å². The molecule has 2 amide bonds. The number of aromatic nitrogens is 2. The van der Waals surface area contributed by atoms with Crippen LogP contribution in [0.2, 0.25) is 0 Å². The Kier molecular flexibility index (Phi) is 6.47. The first-order valence-corrected chi connectivity index (χ1v) is 10.9. The predicted molar refractivity (Wildman–Crippen MR) is 124 cm³/mol. The van der Waals surface area contributed by atoms with E-state index in [-0.39, 0.29) is 24.6 Å². The summed E-state index contributed by atoms with van der Waals surface area (Å²) in [6.07, 6.45) is 3.13. The monoisotopic (exact) mass is 462 g/mol. The molecule has 0 saturated carbocycles. The normalized spacial score (nSPS) is 20.6. The van der Waals surface area contributed by atoms with Crippen LogP contribution in [0.1, 0.15) is 29.8 Å². The first-order chi connectivity index (χ1) is 16.3. The summed E-state index contributed by atoms with van der Waals surface area (Å²) in [5.74, 6) is -1.06. The molecule has 34 heavy (non-hydrogen) atoms. The van der Waals surface area contributed by atoms with Gasteiger partial charge in [0.2, 0.25) is 5.91 Å². The fraction of sp³-hybridized carbons (Fsp3) is 0.280. The first kappa shape index (κ1) is 23.2. The standard InChI is InChI=1S/C25H26N4O5/c1-16-25(2,22(31)15-34-16)28-24(33)21(14-17-4-10-20(30)11-5-17)27-23(32)18-6-8-19(9-7-18)29-13-3-12-26-29/h3-13,16,21,30H,14-15H2,1-2H3,(H,27,32)(H,28,33). The molecule has 3 aromatic rings. The largest absolute Gasteiger partial charge is 0.508 e. The zero-order valence-electron chi connectivity index (χ0n) is 18.9. The average molecular weight is 463 g/mol. The van der Waals surface area contributed by atoms with E-state index >= 15 is 0 Å². The van der Waals surface area contributed by atoms with Crippen LogP contribution in [0.3, 0.4) is 0 Å². The smallest absolute Gasteiger partial charge is 0.251 e. The Labute approximate surface area is 196 Å². The molecule has 1 aliphatic rings. The second kappa shape index (κ2) is 9.48. The van der Waals surface area contributed by atoms with E-state index in [1.54, 1.807) is 73.4 Å². The highest BCUT2D eigenvalue weighted by atomic mass is 16.5. The van der Waals surface area contributed by atoms with Crippen LogP contribution in [0, 0.1) is 0 Å². The molecule has 0 aliphatic carbocycles. The van der Waals surface area contributed by atoms with Crippen molar-refractivity contribution in [1.29, 1.82) is 0 Å². The fourth-order valence-electron chi connectivity index (χ4n) is 3.76. The Hall–Kier alpha value is -3.98. The summed E-state index contributed by atoms with van der Waals surface area (Å²) >= 11 is 0. The maximum atomic E-state index is 13.2. The van der Waals surface area contributed by atoms with Gasteiger partial charge in [-0.1, -0.05) is 12.1 Å². The van der Waals surface area contributed by atoms with Gasteiger partial charge in [-0.25, -0.2) is 4.68 Å². The second-order valence-electron chi connectivity index (χ2n) is 8.46. The maximum Gasteiger partial charge on any atom is 0.251 e. The van der Waals surface area contributed by atoms with Crippen LogP contribution in [-0.4, -0.2) is 56.8 Å². The van der Waals surface area contributed by atoms with Crippen molar-refractivity contribution < 1.29 is 24.2 Å². The van der Waals surface area contributed by atoms with Crippen LogP contribution in [0.15, 0.2) is 67.0 Å². The molecule has 176 valence electrons. The lowest BCUT2D eigenvalue weighted by Crippen LogP contribution is -2.60. The van der Waals surface area contributed by atoms with E-state index in [0.29, 0.717) is 5.56 Å². The number of phenols is 1. The molecule has 9 nitrogen and oxygen atoms in total. The van der Waals surface area contributed by atoms with Gasteiger partial charge in [0.15, 0.2) is 5.78 Å². The lowest BCUT2D eigenvalue weighted by molar-refractivity contribution is -0.130. The van der Waals surface area contributed by atoms with E-state index in [4.69, 9.17) is 4.74 Å². The van der Waals surface area contributed by atoms with Gasteiger partial charge in [-0.05, 0) is 61.9 Å². The highest BCUT2D eigenvalue weighted by molar-refractivity contribution is 6.00. The van der Waals surface area contributed by atoms with Gasteiger partial charge in [0.05, 0.1) is 11.8 Å². The van der Waals surface area contributed by atoms with Crippen molar-refractivity contribution in [3.63, 3.8) is 0 Å². The van der Waals surface area contributed by atoms with Crippen molar-refractivity contribution >= 4 is 17.6 Å². The minimum atomic E-state index is -1.18. The molecule has 9 heteroatoms. The lowest BCUT2D eigenvalue weighted by Gasteiger charge is -2.30. The van der Waals surface area contributed by atoms with Gasteiger partial charge < -0.3 is 20.5 Å². The first-order valence-electron chi connectivity index (χ1n) is 10.9. The Morgan fingerprint density at radius 3 is 2.50 bits per heavy atom. The summed E-state index contributed by atoms with van der Waals surface area (Å²) < 4.78 is 7.07. The van der Waals surface area contributed by atoms with Gasteiger partial charge >= 0.3 is 0 Å². The minimum absolute atomic E-state index is 0.0739. The van der Waals surface area contributed by atoms with Gasteiger partial charge in [-0.15, -0.1) is 0 Å². The second-order valence-corrected chi connectivity index (χ2v) is 8.46. The lowest BCUT2D eigenvalue weighted by atomic mass is 9.92. The molecule has 2 aromatic carbocycles. The summed E-state index contributed by atoms with van der Waals surface area (Å²) in [4.78, 5) is 38.6. The number of carbonyl (C=O) groups is 3. The molecule has 3 atom stereocenters. The number of benzene rings is 2. The number of carbonyl (C=O) groups excluding carboxylic acids is 3. The number of amides is 2. The molecule has 1 aromatic heterocycles. The highest BCUT2D eigenvalue weighted by Gasteiger charge is 2.47. The summed E-state index contributed by atoms with van der Waals surface area (Å²) in [7, 11) is 0. The molecule has 3 unspecified atom stereocenters. The number of hydrogen-bond acceptors (Lipinski definition) is 6. The van der Waals surface area contributed by atoms with E-state index < -0.39 is 29.5 Å². The maximum absolute atomic E-state index is 13.2. The third-order valence-electron chi connectivity index (χ3n) is 6.14. The van der Waals surface area contributed by atoms with E-state index in [9.17, 15) is 19.5 Å². The highest BCUT2D eigenvalue weighted by Crippen LogP contribution is 2.22. The van der Waals surface area contributed by atoms with Gasteiger partial charge in [0.25, 0.3) is 5.91 Å². The van der Waals surface area contributed by atoms with Gasteiger partial charge in [-0.2, -0.15) is 5.10 Å². The molecular formula is C25H26N4O5. The molecule has 2 heterocycles. The molecule has 0 spiro atoms. The minimum Gasteiger partial charge on any atom is -0.508 e. The molecule has 0 radical (unpaired) electrons. The molecule has 3 N–H and O–H groups in total. The SMILES string of the molecule is CC1OCC(=O)C1(C)NC(=O)C(Cc1ccc(O)cc1)NC(=O)c1ccc(-n2cccn2)cc1. The summed E-state index contributed by atoms with van der Waals surface area (Å²) in [6, 6.07) is 14.0. The van der Waals surface area contributed by atoms with E-state index in [1.165, 1.54) is 12.1 Å². The van der Waals surface area contributed by atoms with Gasteiger partial charge in [0.1, 0.15) is 23.9 Å². The van der Waals surface area contributed by atoms with Crippen LogP contribution in [0.4, 0.5) is 0 Å². The van der Waals surface area contributed by atoms with Gasteiger partial charge in [0, 0.05) is 24.4 Å². The van der Waals surface area contributed by atoms with Gasteiger partial charge in [-0.3, -0.25) is 14.4 Å². The molecule has 1 aliphatic heterocycles. The van der Waals surface area contributed by atoms with E-state index in [1.807, 2.05) is 0 Å². The number of hydrogen-bond donors (Lipinski definition) is 3. The topological polar surface area (TPSA) is 123 Å². The van der Waals surface area contributed by atoms with Crippen molar-refractivity contribution in [2.75, 3.05) is 6.61 Å². The number of ether oxygens (including phenoxy) is 1. The number of nitrogens with zero attached hydrogens (tertiary/aromatic N) is 2. The van der Waals surface area contributed by atoms with Crippen LogP contribution in [0.25, 0.3) is 5.69 Å². The van der Waals surface area contributed by atoms with Crippen molar-refractivity contribution in [2.24, 2.45) is 0 Å². The summed E-state index contributed by atoms with van der Waals surface area (Å²) in [6.45, 7) is 3.27. The molecule has 1 saturated heterocycles. The third kappa shape index (κ3) is 4.84. The Balaban J connectivity index is 1.53. The number of rotatable bonds is 7. The zero-order chi connectivity index (χ0) is 24.3. The molecular weight excluding hydrogens is 436 g/mol. The van der Waals surface area contributed by atoms with Crippen molar-refractivity contribution in [2.45, 2.75) is 38.0 Å². The zero-order valence-corrected chi connectivity index (χ0v) is 18.9. The number of Topliss-reactive ketones (excluding diaryl/α,β-unsaturated/α-hetero) is 1. The Bertz CT molecular complexity index is 1180. The Morgan fingerprint density at radius 2 is 1.91 bits per heavy atom. The third-order valence-corrected chi connectivity index (χ3v) is 6.14. The Morgan fingerprint density at radius 1 is 1.21 bits per heavy atom. The van der Waals surface area contributed by atoms with Crippen LogP contribution in [0.5, 0.6) is 5.75 Å². The quantitative estimate of drug-likeness (QED) is 0.492. The molecule has 4 rings (SSSR count). The van der Waals surface area contributed by atoms with Crippen LogP contribution in [-0.2, 0) is 20.7 Å². The van der Waals surface area contributed by atoms with E-state index in [2.05, 4.69) is 15.7 Å². The summed E-state index contributed by atoms with van der Waals surface area (Å²) in [5.41, 5.74) is 0.723. The van der Waals surface area contributed by atoms with E-state index in [0.717, 1.165) is 11.3 Å². The van der Waals surface area contributed by atoms with Crippen LogP contribution < -0.4 is 10.6 Å². The van der Waals surface area contributed by atoms with Crippen LogP contribution >= 0.6 is 0 Å². The number of nitrogens with one attached hydrogen (secondary N) is 2. The molecule has 1 fully saturated rings. The van der Waals surface area contributed by atoms with Crippen molar-refractivity contribution in [1.82, 2.24) is 20.4 Å². The number of ketones is 1.